The van der Waals surface area contributed by atoms with Gasteiger partial charge in [0.2, 0.25) is 5.78 Å². The van der Waals surface area contributed by atoms with Crippen molar-refractivity contribution in [1.82, 2.24) is 14.0 Å². The van der Waals surface area contributed by atoms with Gasteiger partial charge in [-0.2, -0.15) is 0 Å². The SMILES string of the molecule is COC(=O)c1ccc(-n2c(C)cc(C(=O)COC(=O)c3cc4c(=O)n5ccccc5nc4s3)c2C)cc1. The summed E-state index contributed by atoms with van der Waals surface area (Å²) in [6, 6.07) is 15.2. The molecule has 5 rings (SSSR count). The highest BCUT2D eigenvalue weighted by Crippen LogP contribution is 2.24. The molecule has 10 heteroatoms. The number of carbonyl (C=O) groups is 3. The number of nitrogens with zero attached hydrogens (tertiary/aromatic N) is 3. The van der Waals surface area contributed by atoms with Crippen LogP contribution >= 0.6 is 11.3 Å². The summed E-state index contributed by atoms with van der Waals surface area (Å²) in [5, 5.41) is 0.314. The number of hydrogen-bond donors (Lipinski definition) is 0. The van der Waals surface area contributed by atoms with E-state index in [0.717, 1.165) is 22.7 Å². The number of carbonyl (C=O) groups excluding carboxylic acids is 3. The average molecular weight is 516 g/mol. The maximum Gasteiger partial charge on any atom is 0.348 e. The summed E-state index contributed by atoms with van der Waals surface area (Å²) in [6.07, 6.45) is 1.61. The molecule has 0 N–H and O–H groups in total. The van der Waals surface area contributed by atoms with Gasteiger partial charge in [0.05, 0.1) is 18.1 Å². The molecule has 4 heterocycles. The number of ether oxygens (including phenoxy) is 2. The zero-order valence-electron chi connectivity index (χ0n) is 20.2. The van der Waals surface area contributed by atoms with Crippen LogP contribution in [0, 0.1) is 13.8 Å². The Bertz CT molecular complexity index is 1760. The summed E-state index contributed by atoms with van der Waals surface area (Å²) in [5.41, 5.74) is 3.30. The lowest BCUT2D eigenvalue weighted by atomic mass is 10.1. The zero-order chi connectivity index (χ0) is 26.3. The van der Waals surface area contributed by atoms with Gasteiger partial charge in [0.25, 0.3) is 5.56 Å². The minimum Gasteiger partial charge on any atom is -0.465 e. The van der Waals surface area contributed by atoms with Crippen LogP contribution in [0.4, 0.5) is 0 Å². The second-order valence-electron chi connectivity index (χ2n) is 8.33. The lowest BCUT2D eigenvalue weighted by Crippen LogP contribution is -2.15. The lowest BCUT2D eigenvalue weighted by molar-refractivity contribution is 0.0479. The van der Waals surface area contributed by atoms with E-state index in [9.17, 15) is 19.2 Å². The van der Waals surface area contributed by atoms with Gasteiger partial charge >= 0.3 is 11.9 Å². The van der Waals surface area contributed by atoms with E-state index >= 15 is 0 Å². The summed E-state index contributed by atoms with van der Waals surface area (Å²) in [6.45, 7) is 3.20. The molecule has 1 aromatic carbocycles. The molecule has 0 bridgehead atoms. The molecule has 0 amide bonds. The second-order valence-corrected chi connectivity index (χ2v) is 9.36. The number of benzene rings is 1. The van der Waals surface area contributed by atoms with Gasteiger partial charge in [0.1, 0.15) is 15.4 Å². The number of aryl methyl sites for hydroxylation is 1. The van der Waals surface area contributed by atoms with Crippen molar-refractivity contribution in [2.24, 2.45) is 0 Å². The molecule has 0 aliphatic rings. The van der Waals surface area contributed by atoms with Gasteiger partial charge in [-0.3, -0.25) is 14.0 Å². The van der Waals surface area contributed by atoms with Crippen molar-refractivity contribution in [1.29, 1.82) is 0 Å². The van der Waals surface area contributed by atoms with E-state index in [1.165, 1.54) is 17.6 Å². The van der Waals surface area contributed by atoms with Crippen LogP contribution in [-0.4, -0.2) is 45.4 Å². The van der Waals surface area contributed by atoms with Crippen molar-refractivity contribution >= 4 is 44.9 Å². The Labute approximate surface area is 214 Å². The number of rotatable bonds is 6. The van der Waals surface area contributed by atoms with Gasteiger partial charge in [-0.1, -0.05) is 6.07 Å². The summed E-state index contributed by atoms with van der Waals surface area (Å²) in [7, 11) is 1.32. The highest BCUT2D eigenvalue weighted by molar-refractivity contribution is 7.20. The largest absolute Gasteiger partial charge is 0.465 e. The summed E-state index contributed by atoms with van der Waals surface area (Å²) in [4.78, 5) is 55.1. The molecule has 186 valence electrons. The lowest BCUT2D eigenvalue weighted by Gasteiger charge is -2.10. The number of ketones is 1. The van der Waals surface area contributed by atoms with Crippen molar-refractivity contribution < 1.29 is 23.9 Å². The molecule has 0 unspecified atom stereocenters. The molecule has 5 aromatic rings. The number of hydrogen-bond acceptors (Lipinski definition) is 8. The van der Waals surface area contributed by atoms with E-state index in [2.05, 4.69) is 4.98 Å². The summed E-state index contributed by atoms with van der Waals surface area (Å²) in [5.74, 6) is -1.49. The molecule has 0 radical (unpaired) electrons. The number of aromatic nitrogens is 3. The molecule has 0 saturated heterocycles. The highest BCUT2D eigenvalue weighted by Gasteiger charge is 2.21. The summed E-state index contributed by atoms with van der Waals surface area (Å²) >= 11 is 1.05. The van der Waals surface area contributed by atoms with Crippen LogP contribution in [0.1, 0.15) is 41.8 Å². The fourth-order valence-electron chi connectivity index (χ4n) is 4.24. The van der Waals surface area contributed by atoms with E-state index in [4.69, 9.17) is 9.47 Å². The van der Waals surface area contributed by atoms with Crippen molar-refractivity contribution in [2.75, 3.05) is 13.7 Å². The van der Waals surface area contributed by atoms with E-state index in [1.54, 1.807) is 61.7 Å². The number of fused-ring (bicyclic) bond motifs is 2. The predicted molar refractivity (Wildman–Crippen MR) is 138 cm³/mol. The Morgan fingerprint density at radius 1 is 1.00 bits per heavy atom. The minimum atomic E-state index is -0.697. The molecular weight excluding hydrogens is 494 g/mol. The van der Waals surface area contributed by atoms with E-state index in [-0.39, 0.29) is 16.2 Å². The van der Waals surface area contributed by atoms with Crippen molar-refractivity contribution in [3.8, 4) is 5.69 Å². The molecule has 0 atom stereocenters. The van der Waals surface area contributed by atoms with Crippen LogP contribution in [0.15, 0.2) is 65.6 Å². The molecule has 0 fully saturated rings. The van der Waals surface area contributed by atoms with Gasteiger partial charge in [-0.05, 0) is 62.4 Å². The minimum absolute atomic E-state index is 0.194. The number of esters is 2. The Kier molecular flexibility index (Phi) is 6.18. The van der Waals surface area contributed by atoms with Crippen molar-refractivity contribution in [2.45, 2.75) is 13.8 Å². The van der Waals surface area contributed by atoms with E-state index in [0.29, 0.717) is 32.7 Å². The smallest absolute Gasteiger partial charge is 0.348 e. The zero-order valence-corrected chi connectivity index (χ0v) is 21.0. The van der Waals surface area contributed by atoms with Gasteiger partial charge in [-0.15, -0.1) is 11.3 Å². The maximum atomic E-state index is 13.0. The molecular formula is C27H21N3O6S. The third-order valence-corrected chi connectivity index (χ3v) is 7.04. The quantitative estimate of drug-likeness (QED) is 0.247. The first-order chi connectivity index (χ1) is 17.8. The fraction of sp³-hybridized carbons (Fsp3) is 0.148. The van der Waals surface area contributed by atoms with Crippen LogP contribution in [0.25, 0.3) is 21.6 Å². The molecule has 0 aliphatic heterocycles. The van der Waals surface area contributed by atoms with Crippen LogP contribution in [0.3, 0.4) is 0 Å². The molecule has 9 nitrogen and oxygen atoms in total. The first kappa shape index (κ1) is 24.1. The van der Waals surface area contributed by atoms with Gasteiger partial charge in [-0.25, -0.2) is 14.6 Å². The molecule has 4 aromatic heterocycles. The molecule has 37 heavy (non-hydrogen) atoms. The number of methoxy groups -OCH3 is 1. The topological polar surface area (TPSA) is 109 Å². The first-order valence-corrected chi connectivity index (χ1v) is 12.1. The Hall–Kier alpha value is -4.57. The third-order valence-electron chi connectivity index (χ3n) is 6.03. The fourth-order valence-corrected chi connectivity index (χ4v) is 5.16. The van der Waals surface area contributed by atoms with Gasteiger partial charge in [0.15, 0.2) is 6.61 Å². The standard InChI is InChI=1S/C27H21N3O6S/c1-15-12-19(16(2)30(15)18-9-7-17(8-10-18)26(33)35-3)21(31)14-36-27(34)22-13-20-24(37-22)28-23-6-4-5-11-29(23)25(20)32/h4-13H,14H2,1-3H3. The monoisotopic (exact) mass is 515 g/mol. The van der Waals surface area contributed by atoms with Crippen molar-refractivity contribution in [3.05, 3.63) is 98.5 Å². The van der Waals surface area contributed by atoms with Gasteiger partial charge in [0, 0.05) is 28.8 Å². The molecule has 0 aliphatic carbocycles. The first-order valence-electron chi connectivity index (χ1n) is 11.3. The Morgan fingerprint density at radius 3 is 2.49 bits per heavy atom. The Morgan fingerprint density at radius 2 is 1.76 bits per heavy atom. The summed E-state index contributed by atoms with van der Waals surface area (Å²) < 4.78 is 13.3. The van der Waals surface area contributed by atoms with Crippen molar-refractivity contribution in [3.63, 3.8) is 0 Å². The Balaban J connectivity index is 1.34. The normalized spacial score (nSPS) is 11.1. The molecule has 0 spiro atoms. The van der Waals surface area contributed by atoms with Crippen LogP contribution in [-0.2, 0) is 9.47 Å². The van der Waals surface area contributed by atoms with Crippen LogP contribution < -0.4 is 5.56 Å². The van der Waals surface area contributed by atoms with E-state index in [1.807, 2.05) is 11.5 Å². The number of pyridine rings is 1. The predicted octanol–water partition coefficient (Wildman–Crippen LogP) is 4.14. The number of thiophene rings is 1. The number of Topliss-reactive ketones (excluding diaryl/α,β-unsaturated/α-hetero) is 1. The second kappa shape index (κ2) is 9.47. The maximum absolute atomic E-state index is 13.0. The van der Waals surface area contributed by atoms with Gasteiger partial charge < -0.3 is 14.0 Å². The van der Waals surface area contributed by atoms with Crippen LogP contribution in [0.5, 0.6) is 0 Å². The van der Waals surface area contributed by atoms with Crippen LogP contribution in [0.2, 0.25) is 0 Å². The molecule has 0 saturated carbocycles. The average Bonchev–Trinajstić information content (AvgIpc) is 3.47. The third kappa shape index (κ3) is 4.31. The highest BCUT2D eigenvalue weighted by atomic mass is 32.1. The van der Waals surface area contributed by atoms with E-state index < -0.39 is 18.5 Å².